The van der Waals surface area contributed by atoms with E-state index in [2.05, 4.69) is 12.2 Å². The van der Waals surface area contributed by atoms with E-state index < -0.39 is 15.6 Å². The SMILES string of the molecule is CC1CCN(S(=O)(=O)c2ccc(C(=O)NC(C)(C)CN)cc2)CC1.Cl. The van der Waals surface area contributed by atoms with E-state index in [4.69, 9.17) is 5.73 Å². The first-order valence-electron chi connectivity index (χ1n) is 8.28. The fraction of sp³-hybridized carbons (Fsp3) is 0.588. The standard InChI is InChI=1S/C17H27N3O3S.ClH/c1-13-8-10-20(11-9-13)24(22,23)15-6-4-14(5-7-15)16(21)19-17(2,3)12-18;/h4-7,13H,8-12,18H2,1-3H3,(H,19,21);1H. The molecule has 0 aromatic heterocycles. The Morgan fingerprint density at radius 2 is 1.76 bits per heavy atom. The van der Waals surface area contributed by atoms with Crippen molar-refractivity contribution in [2.75, 3.05) is 19.6 Å². The molecule has 2 rings (SSSR count). The zero-order valence-corrected chi connectivity index (χ0v) is 16.6. The Labute approximate surface area is 156 Å². The second kappa shape index (κ2) is 8.49. The summed E-state index contributed by atoms with van der Waals surface area (Å²) < 4.78 is 26.8. The molecule has 1 amide bonds. The van der Waals surface area contributed by atoms with Crippen LogP contribution in [0.3, 0.4) is 0 Å². The van der Waals surface area contributed by atoms with Gasteiger partial charge in [0.15, 0.2) is 0 Å². The highest BCUT2D eigenvalue weighted by Crippen LogP contribution is 2.23. The van der Waals surface area contributed by atoms with Gasteiger partial charge < -0.3 is 11.1 Å². The monoisotopic (exact) mass is 389 g/mol. The minimum absolute atomic E-state index is 0. The van der Waals surface area contributed by atoms with Crippen LogP contribution < -0.4 is 11.1 Å². The summed E-state index contributed by atoms with van der Waals surface area (Å²) in [7, 11) is -3.49. The van der Waals surface area contributed by atoms with Gasteiger partial charge in [0.1, 0.15) is 0 Å². The molecule has 0 aliphatic carbocycles. The van der Waals surface area contributed by atoms with Crippen molar-refractivity contribution in [3.63, 3.8) is 0 Å². The number of amides is 1. The lowest BCUT2D eigenvalue weighted by Gasteiger charge is -2.29. The molecule has 142 valence electrons. The van der Waals surface area contributed by atoms with Crippen molar-refractivity contribution in [2.24, 2.45) is 11.7 Å². The molecule has 1 saturated heterocycles. The van der Waals surface area contributed by atoms with E-state index in [0.29, 0.717) is 31.1 Å². The van der Waals surface area contributed by atoms with Gasteiger partial charge in [-0.15, -0.1) is 12.4 Å². The van der Waals surface area contributed by atoms with Gasteiger partial charge in [-0.3, -0.25) is 4.79 Å². The van der Waals surface area contributed by atoms with Crippen molar-refractivity contribution in [2.45, 2.75) is 44.0 Å². The van der Waals surface area contributed by atoms with Crippen molar-refractivity contribution >= 4 is 28.3 Å². The highest BCUT2D eigenvalue weighted by atomic mass is 35.5. The summed E-state index contributed by atoms with van der Waals surface area (Å²) in [6, 6.07) is 6.08. The molecule has 0 bridgehead atoms. The van der Waals surface area contributed by atoms with Crippen LogP contribution in [0.5, 0.6) is 0 Å². The van der Waals surface area contributed by atoms with Gasteiger partial charge >= 0.3 is 0 Å². The third kappa shape index (κ3) is 5.41. The number of benzene rings is 1. The van der Waals surface area contributed by atoms with Crippen LogP contribution in [-0.4, -0.2) is 43.8 Å². The zero-order valence-electron chi connectivity index (χ0n) is 15.0. The van der Waals surface area contributed by atoms with Gasteiger partial charge in [0, 0.05) is 30.7 Å². The Bertz CT molecular complexity index is 682. The van der Waals surface area contributed by atoms with E-state index in [9.17, 15) is 13.2 Å². The van der Waals surface area contributed by atoms with Crippen LogP contribution in [0.15, 0.2) is 29.2 Å². The third-order valence-electron chi connectivity index (χ3n) is 4.46. The second-order valence-corrected chi connectivity index (χ2v) is 9.09. The first kappa shape index (κ1) is 21.9. The molecule has 0 radical (unpaired) electrons. The topological polar surface area (TPSA) is 92.5 Å². The van der Waals surface area contributed by atoms with Crippen LogP contribution in [0, 0.1) is 5.92 Å². The quantitative estimate of drug-likeness (QED) is 0.805. The Morgan fingerprint density at radius 3 is 2.24 bits per heavy atom. The number of hydrogen-bond donors (Lipinski definition) is 2. The highest BCUT2D eigenvalue weighted by Gasteiger charge is 2.28. The van der Waals surface area contributed by atoms with Crippen LogP contribution in [0.4, 0.5) is 0 Å². The summed E-state index contributed by atoms with van der Waals surface area (Å²) in [5, 5.41) is 2.82. The molecule has 1 fully saturated rings. The van der Waals surface area contributed by atoms with Gasteiger partial charge in [-0.05, 0) is 56.9 Å². The third-order valence-corrected chi connectivity index (χ3v) is 6.37. The Hall–Kier alpha value is -1.15. The lowest BCUT2D eigenvalue weighted by molar-refractivity contribution is 0.0915. The minimum atomic E-state index is -3.49. The lowest BCUT2D eigenvalue weighted by atomic mass is 10.0. The summed E-state index contributed by atoms with van der Waals surface area (Å²) in [6.07, 6.45) is 1.77. The van der Waals surface area contributed by atoms with E-state index >= 15 is 0 Å². The second-order valence-electron chi connectivity index (χ2n) is 7.15. The molecule has 6 nitrogen and oxygen atoms in total. The molecule has 0 atom stereocenters. The number of carbonyl (C=O) groups is 1. The van der Waals surface area contributed by atoms with E-state index in [1.165, 1.54) is 16.4 Å². The molecule has 25 heavy (non-hydrogen) atoms. The van der Waals surface area contributed by atoms with E-state index in [-0.39, 0.29) is 23.2 Å². The summed E-state index contributed by atoms with van der Waals surface area (Å²) >= 11 is 0. The van der Waals surface area contributed by atoms with Gasteiger partial charge in [0.25, 0.3) is 5.91 Å². The minimum Gasteiger partial charge on any atom is -0.346 e. The van der Waals surface area contributed by atoms with Crippen LogP contribution in [0.2, 0.25) is 0 Å². The van der Waals surface area contributed by atoms with Crippen molar-refractivity contribution in [1.29, 1.82) is 0 Å². The Kier molecular flexibility index (Phi) is 7.43. The number of halogens is 1. The molecule has 0 saturated carbocycles. The summed E-state index contributed by atoms with van der Waals surface area (Å²) in [4.78, 5) is 12.4. The summed E-state index contributed by atoms with van der Waals surface area (Å²) in [5.74, 6) is 0.301. The molecular formula is C17H28ClN3O3S. The van der Waals surface area contributed by atoms with Gasteiger partial charge in [-0.1, -0.05) is 6.92 Å². The first-order valence-corrected chi connectivity index (χ1v) is 9.72. The maximum Gasteiger partial charge on any atom is 0.251 e. The Morgan fingerprint density at radius 1 is 1.24 bits per heavy atom. The molecular weight excluding hydrogens is 362 g/mol. The van der Waals surface area contributed by atoms with Crippen molar-refractivity contribution in [3.05, 3.63) is 29.8 Å². The first-order chi connectivity index (χ1) is 11.2. The van der Waals surface area contributed by atoms with Crippen molar-refractivity contribution < 1.29 is 13.2 Å². The number of carbonyl (C=O) groups excluding carboxylic acids is 1. The van der Waals surface area contributed by atoms with E-state index in [1.54, 1.807) is 12.1 Å². The molecule has 1 aromatic carbocycles. The Balaban J connectivity index is 0.00000312. The fourth-order valence-electron chi connectivity index (χ4n) is 2.58. The smallest absolute Gasteiger partial charge is 0.251 e. The number of rotatable bonds is 5. The molecule has 8 heteroatoms. The number of sulfonamides is 1. The number of nitrogens with one attached hydrogen (secondary N) is 1. The average Bonchev–Trinajstić information content (AvgIpc) is 2.55. The largest absolute Gasteiger partial charge is 0.346 e. The van der Waals surface area contributed by atoms with Gasteiger partial charge in [-0.2, -0.15) is 4.31 Å². The zero-order chi connectivity index (χ0) is 18.0. The lowest BCUT2D eigenvalue weighted by Crippen LogP contribution is -2.48. The highest BCUT2D eigenvalue weighted by molar-refractivity contribution is 7.89. The van der Waals surface area contributed by atoms with Crippen molar-refractivity contribution in [1.82, 2.24) is 9.62 Å². The maximum absolute atomic E-state index is 12.7. The number of nitrogens with zero attached hydrogens (tertiary/aromatic N) is 1. The van der Waals surface area contributed by atoms with Crippen LogP contribution in [-0.2, 0) is 10.0 Å². The fourth-order valence-corrected chi connectivity index (χ4v) is 4.05. The molecule has 0 unspecified atom stereocenters. The molecule has 1 heterocycles. The van der Waals surface area contributed by atoms with Gasteiger partial charge in [0.2, 0.25) is 10.0 Å². The summed E-state index contributed by atoms with van der Waals surface area (Å²) in [6.45, 7) is 7.23. The molecule has 1 aliphatic heterocycles. The maximum atomic E-state index is 12.7. The van der Waals surface area contributed by atoms with Crippen LogP contribution >= 0.6 is 12.4 Å². The number of hydrogen-bond acceptors (Lipinski definition) is 4. The number of nitrogens with two attached hydrogens (primary N) is 1. The predicted molar refractivity (Wildman–Crippen MR) is 101 cm³/mol. The molecule has 1 aliphatic rings. The van der Waals surface area contributed by atoms with E-state index in [0.717, 1.165) is 12.8 Å². The van der Waals surface area contributed by atoms with Crippen molar-refractivity contribution in [3.8, 4) is 0 Å². The summed E-state index contributed by atoms with van der Waals surface area (Å²) in [5.41, 5.74) is 5.52. The van der Waals surface area contributed by atoms with Gasteiger partial charge in [-0.25, -0.2) is 8.42 Å². The molecule has 1 aromatic rings. The van der Waals surface area contributed by atoms with Crippen LogP contribution in [0.25, 0.3) is 0 Å². The number of piperidine rings is 1. The van der Waals surface area contributed by atoms with Gasteiger partial charge in [0.05, 0.1) is 4.90 Å². The molecule has 0 spiro atoms. The average molecular weight is 390 g/mol. The predicted octanol–water partition coefficient (Wildman–Crippen LogP) is 2.00. The van der Waals surface area contributed by atoms with Crippen LogP contribution in [0.1, 0.15) is 44.0 Å². The van der Waals surface area contributed by atoms with E-state index in [1.807, 2.05) is 13.8 Å². The molecule has 3 N–H and O–H groups in total. The normalized spacial score (nSPS) is 17.0.